The van der Waals surface area contributed by atoms with Crippen LogP contribution in [0.4, 0.5) is 0 Å². The van der Waals surface area contributed by atoms with Crippen molar-refractivity contribution in [2.45, 2.75) is 6.61 Å². The van der Waals surface area contributed by atoms with E-state index >= 15 is 0 Å². The smallest absolute Gasteiger partial charge is 0.222 e. The molecule has 5 aromatic rings. The molecule has 7 heteroatoms. The molecule has 0 spiro atoms. The zero-order chi connectivity index (χ0) is 22.1. The van der Waals surface area contributed by atoms with Crippen molar-refractivity contribution in [3.8, 4) is 28.3 Å². The second-order valence-electron chi connectivity index (χ2n) is 7.27. The molecule has 0 radical (unpaired) electrons. The predicted octanol–water partition coefficient (Wildman–Crippen LogP) is 6.58. The van der Waals surface area contributed by atoms with Gasteiger partial charge in [-0.1, -0.05) is 35.9 Å². The van der Waals surface area contributed by atoms with Gasteiger partial charge in [0.2, 0.25) is 5.28 Å². The average Bonchev–Trinajstić information content (AvgIpc) is 3.11. The van der Waals surface area contributed by atoms with Crippen molar-refractivity contribution in [3.05, 3.63) is 95.1 Å². The van der Waals surface area contributed by atoms with E-state index in [4.69, 9.17) is 27.9 Å². The highest BCUT2D eigenvalue weighted by Gasteiger charge is 2.20. The summed E-state index contributed by atoms with van der Waals surface area (Å²) in [5.41, 5.74) is 5.58. The number of aryl methyl sites for hydroxylation is 1. The summed E-state index contributed by atoms with van der Waals surface area (Å²) >= 11 is 12.7. The van der Waals surface area contributed by atoms with Crippen LogP contribution in [0.25, 0.3) is 33.4 Å². The van der Waals surface area contributed by atoms with Crippen molar-refractivity contribution in [1.82, 2.24) is 19.5 Å². The van der Waals surface area contributed by atoms with Crippen molar-refractivity contribution < 1.29 is 4.74 Å². The number of aromatic nitrogens is 4. The fraction of sp³-hybridized carbons (Fsp3) is 0.0800. The number of ether oxygens (including phenoxy) is 1. The van der Waals surface area contributed by atoms with Crippen molar-refractivity contribution in [2.75, 3.05) is 0 Å². The second-order valence-corrected chi connectivity index (χ2v) is 8.01. The Labute approximate surface area is 195 Å². The maximum atomic E-state index is 6.62. The minimum atomic E-state index is 0.206. The minimum Gasteiger partial charge on any atom is -0.486 e. The predicted molar refractivity (Wildman–Crippen MR) is 128 cm³/mol. The summed E-state index contributed by atoms with van der Waals surface area (Å²) in [6, 6.07) is 21.6. The van der Waals surface area contributed by atoms with Gasteiger partial charge in [-0.25, -0.2) is 9.97 Å². The molecule has 0 atom stereocenters. The first kappa shape index (κ1) is 20.5. The summed E-state index contributed by atoms with van der Waals surface area (Å²) in [4.78, 5) is 12.8. The zero-order valence-corrected chi connectivity index (χ0v) is 18.7. The molecule has 0 saturated heterocycles. The molecule has 32 heavy (non-hydrogen) atoms. The molecule has 5 rings (SSSR count). The first-order valence-electron chi connectivity index (χ1n) is 10.0. The molecular formula is C25H18Cl2N4O. The highest BCUT2D eigenvalue weighted by atomic mass is 35.5. The summed E-state index contributed by atoms with van der Waals surface area (Å²) in [7, 11) is 2.03. The Bertz CT molecular complexity index is 1420. The number of fused-ring (bicyclic) bond motifs is 1. The Kier molecular flexibility index (Phi) is 5.52. The van der Waals surface area contributed by atoms with Gasteiger partial charge in [0.1, 0.15) is 12.4 Å². The Morgan fingerprint density at radius 1 is 0.906 bits per heavy atom. The number of nitrogens with zero attached hydrogens (tertiary/aromatic N) is 4. The normalized spacial score (nSPS) is 11.1. The lowest BCUT2D eigenvalue weighted by Crippen LogP contribution is -1.99. The molecule has 2 aromatic carbocycles. The second kappa shape index (κ2) is 8.61. The van der Waals surface area contributed by atoms with Gasteiger partial charge in [-0.15, -0.1) is 0 Å². The lowest BCUT2D eigenvalue weighted by Gasteiger charge is -2.12. The molecule has 0 amide bonds. The van der Waals surface area contributed by atoms with Gasteiger partial charge in [-0.05, 0) is 54.1 Å². The van der Waals surface area contributed by atoms with E-state index in [-0.39, 0.29) is 5.28 Å². The summed E-state index contributed by atoms with van der Waals surface area (Å²) in [5, 5.41) is 1.81. The maximum absolute atomic E-state index is 6.62. The van der Waals surface area contributed by atoms with Crippen LogP contribution in [0.15, 0.2) is 79.1 Å². The topological polar surface area (TPSA) is 52.8 Å². The van der Waals surface area contributed by atoms with Gasteiger partial charge in [0, 0.05) is 41.5 Å². The van der Waals surface area contributed by atoms with Gasteiger partial charge >= 0.3 is 0 Å². The van der Waals surface area contributed by atoms with Crippen LogP contribution >= 0.6 is 23.2 Å². The fourth-order valence-corrected chi connectivity index (χ4v) is 4.25. The third kappa shape index (κ3) is 3.81. The van der Waals surface area contributed by atoms with E-state index < -0.39 is 0 Å². The molecule has 0 aliphatic rings. The summed E-state index contributed by atoms with van der Waals surface area (Å²) in [6.45, 7) is 0.346. The standard InChI is InChI=1S/C25H18Cl2N4O/c1-31-21-8-3-2-7-18(21)23(20-11-13-29-25(27)30-20)24(31)16-9-10-22(19(26)14-16)32-15-17-6-4-5-12-28-17/h2-14H,15H2,1H3. The van der Waals surface area contributed by atoms with Crippen LogP contribution in [0, 0.1) is 0 Å². The number of benzene rings is 2. The Morgan fingerprint density at radius 2 is 1.75 bits per heavy atom. The molecule has 0 aliphatic carbocycles. The average molecular weight is 461 g/mol. The lowest BCUT2D eigenvalue weighted by molar-refractivity contribution is 0.301. The first-order valence-corrected chi connectivity index (χ1v) is 10.8. The molecule has 3 aromatic heterocycles. The molecule has 0 aliphatic heterocycles. The molecule has 0 N–H and O–H groups in total. The van der Waals surface area contributed by atoms with Crippen molar-refractivity contribution in [1.29, 1.82) is 0 Å². The Morgan fingerprint density at radius 3 is 2.53 bits per heavy atom. The number of rotatable bonds is 5. The van der Waals surface area contributed by atoms with E-state index in [0.717, 1.165) is 39.1 Å². The molecule has 3 heterocycles. The van der Waals surface area contributed by atoms with Crippen LogP contribution in [0.1, 0.15) is 5.69 Å². The first-order chi connectivity index (χ1) is 15.6. The molecule has 0 bridgehead atoms. The Hall–Kier alpha value is -3.41. The summed E-state index contributed by atoms with van der Waals surface area (Å²) < 4.78 is 8.03. The highest BCUT2D eigenvalue weighted by molar-refractivity contribution is 6.32. The van der Waals surface area contributed by atoms with Crippen LogP contribution in [0.2, 0.25) is 10.3 Å². The van der Waals surface area contributed by atoms with E-state index in [0.29, 0.717) is 17.4 Å². The number of pyridine rings is 1. The number of halogens is 2. The number of hydrogen-bond acceptors (Lipinski definition) is 4. The molecule has 158 valence electrons. The van der Waals surface area contributed by atoms with Crippen molar-refractivity contribution >= 4 is 34.1 Å². The van der Waals surface area contributed by atoms with Gasteiger partial charge in [0.25, 0.3) is 0 Å². The summed E-state index contributed by atoms with van der Waals surface area (Å²) in [5.74, 6) is 0.603. The van der Waals surface area contributed by atoms with Gasteiger partial charge < -0.3 is 9.30 Å². The highest BCUT2D eigenvalue weighted by Crippen LogP contribution is 2.41. The molecule has 0 unspecified atom stereocenters. The van der Waals surface area contributed by atoms with Crippen LogP contribution in [0.3, 0.4) is 0 Å². The number of para-hydroxylation sites is 1. The molecule has 0 saturated carbocycles. The van der Waals surface area contributed by atoms with E-state index in [9.17, 15) is 0 Å². The lowest BCUT2D eigenvalue weighted by atomic mass is 10.0. The molecule has 0 fully saturated rings. The van der Waals surface area contributed by atoms with Crippen molar-refractivity contribution in [3.63, 3.8) is 0 Å². The van der Waals surface area contributed by atoms with E-state index in [1.165, 1.54) is 0 Å². The quantitative estimate of drug-likeness (QED) is 0.278. The largest absolute Gasteiger partial charge is 0.486 e. The van der Waals surface area contributed by atoms with Gasteiger partial charge in [-0.3, -0.25) is 4.98 Å². The Balaban J connectivity index is 1.59. The monoisotopic (exact) mass is 460 g/mol. The zero-order valence-electron chi connectivity index (χ0n) is 17.2. The van der Waals surface area contributed by atoms with Gasteiger partial charge in [-0.2, -0.15) is 0 Å². The van der Waals surface area contributed by atoms with Crippen LogP contribution in [-0.4, -0.2) is 19.5 Å². The third-order valence-corrected chi connectivity index (χ3v) is 5.77. The SMILES string of the molecule is Cn1c(-c2ccc(OCc3ccccn3)c(Cl)c2)c(-c2ccnc(Cl)n2)c2ccccc21. The van der Waals surface area contributed by atoms with Crippen LogP contribution in [-0.2, 0) is 13.7 Å². The molecule has 5 nitrogen and oxygen atoms in total. The minimum absolute atomic E-state index is 0.206. The van der Waals surface area contributed by atoms with Gasteiger partial charge in [0.15, 0.2) is 0 Å². The molecular weight excluding hydrogens is 443 g/mol. The van der Waals surface area contributed by atoms with Crippen LogP contribution in [0.5, 0.6) is 5.75 Å². The van der Waals surface area contributed by atoms with E-state index in [2.05, 4.69) is 31.7 Å². The van der Waals surface area contributed by atoms with Crippen molar-refractivity contribution in [2.24, 2.45) is 7.05 Å². The number of hydrogen-bond donors (Lipinski definition) is 0. The van der Waals surface area contributed by atoms with E-state index in [1.807, 2.05) is 61.6 Å². The van der Waals surface area contributed by atoms with Crippen LogP contribution < -0.4 is 4.74 Å². The fourth-order valence-electron chi connectivity index (χ4n) is 3.87. The maximum Gasteiger partial charge on any atom is 0.222 e. The summed E-state index contributed by atoms with van der Waals surface area (Å²) in [6.07, 6.45) is 3.40. The van der Waals surface area contributed by atoms with Gasteiger partial charge in [0.05, 0.1) is 22.1 Å². The third-order valence-electron chi connectivity index (χ3n) is 5.30. The van der Waals surface area contributed by atoms with E-state index in [1.54, 1.807) is 12.4 Å².